The Balaban J connectivity index is 1.58. The first kappa shape index (κ1) is 21.5. The zero-order chi connectivity index (χ0) is 22.9. The lowest BCUT2D eigenvalue weighted by molar-refractivity contribution is -0.141. The van der Waals surface area contributed by atoms with Crippen molar-refractivity contribution in [3.05, 3.63) is 53.4 Å². The van der Waals surface area contributed by atoms with E-state index in [-0.39, 0.29) is 18.1 Å². The van der Waals surface area contributed by atoms with Gasteiger partial charge in [0.1, 0.15) is 5.76 Å². The van der Waals surface area contributed by atoms with Crippen molar-refractivity contribution in [1.29, 1.82) is 0 Å². The summed E-state index contributed by atoms with van der Waals surface area (Å²) in [6.45, 7) is 2.54. The number of carbonyl (C=O) groups is 1. The number of hydrogen-bond acceptors (Lipinski definition) is 8. The van der Waals surface area contributed by atoms with Gasteiger partial charge in [-0.3, -0.25) is 9.78 Å². The molecule has 3 aromatic heterocycles. The normalized spacial score (nSPS) is 13.6. The second-order valence-electron chi connectivity index (χ2n) is 7.13. The first-order chi connectivity index (χ1) is 15.3. The molecule has 0 aliphatic carbocycles. The van der Waals surface area contributed by atoms with E-state index >= 15 is 0 Å². The van der Waals surface area contributed by atoms with Crippen molar-refractivity contribution in [2.75, 3.05) is 23.9 Å². The Kier molecular flexibility index (Phi) is 5.68. The van der Waals surface area contributed by atoms with Crippen LogP contribution in [-0.4, -0.2) is 39.5 Å². The number of ether oxygens (including phenoxy) is 1. The van der Waals surface area contributed by atoms with Gasteiger partial charge in [0.05, 0.1) is 43.1 Å². The van der Waals surface area contributed by atoms with Crippen LogP contribution in [0, 0.1) is 6.92 Å². The number of oxazole rings is 1. The van der Waals surface area contributed by atoms with E-state index in [2.05, 4.69) is 25.3 Å². The van der Waals surface area contributed by atoms with Gasteiger partial charge in [-0.1, -0.05) is 0 Å². The Morgan fingerprint density at radius 1 is 1.28 bits per heavy atom. The van der Waals surface area contributed by atoms with Gasteiger partial charge in [0.2, 0.25) is 0 Å². The lowest BCUT2D eigenvalue weighted by Crippen LogP contribution is -2.30. The molecule has 0 atom stereocenters. The molecule has 32 heavy (non-hydrogen) atoms. The van der Waals surface area contributed by atoms with E-state index in [1.807, 2.05) is 4.90 Å². The summed E-state index contributed by atoms with van der Waals surface area (Å²) >= 11 is 0. The third kappa shape index (κ3) is 4.34. The fourth-order valence-corrected chi connectivity index (χ4v) is 3.42. The van der Waals surface area contributed by atoms with Crippen LogP contribution in [-0.2, 0) is 19.1 Å². The maximum absolute atomic E-state index is 12.7. The lowest BCUT2D eigenvalue weighted by atomic mass is 10.1. The predicted octanol–water partition coefficient (Wildman–Crippen LogP) is 3.40. The largest absolute Gasteiger partial charge is 0.493 e. The fraction of sp³-hybridized carbons (Fsp3) is 0.350. The van der Waals surface area contributed by atoms with E-state index < -0.39 is 17.8 Å². The summed E-state index contributed by atoms with van der Waals surface area (Å²) in [6, 6.07) is 1.74. The molecular weight excluding hydrogens is 429 g/mol. The number of carbonyl (C=O) groups excluding carboxylic acids is 1. The van der Waals surface area contributed by atoms with Gasteiger partial charge in [0, 0.05) is 12.6 Å². The van der Waals surface area contributed by atoms with Crippen LogP contribution >= 0.6 is 0 Å². The summed E-state index contributed by atoms with van der Waals surface area (Å²) < 4.78 is 48.6. The van der Waals surface area contributed by atoms with Crippen LogP contribution in [0.1, 0.15) is 39.8 Å². The number of hydrogen-bond donors (Lipinski definition) is 1. The van der Waals surface area contributed by atoms with Crippen molar-refractivity contribution in [3.63, 3.8) is 0 Å². The second-order valence-corrected chi connectivity index (χ2v) is 7.13. The average Bonchev–Trinajstić information content (AvgIpc) is 3.19. The van der Waals surface area contributed by atoms with Crippen LogP contribution in [0.4, 0.5) is 24.7 Å². The van der Waals surface area contributed by atoms with Gasteiger partial charge in [0.25, 0.3) is 5.91 Å². The molecule has 0 bridgehead atoms. The molecule has 12 heteroatoms. The van der Waals surface area contributed by atoms with E-state index in [0.29, 0.717) is 30.2 Å². The quantitative estimate of drug-likeness (QED) is 0.633. The number of nitrogens with one attached hydrogen (secondary N) is 1. The minimum Gasteiger partial charge on any atom is -0.493 e. The molecule has 3 aromatic rings. The number of halogens is 3. The van der Waals surface area contributed by atoms with E-state index in [1.54, 1.807) is 13.0 Å². The molecule has 1 aliphatic heterocycles. The van der Waals surface area contributed by atoms with Gasteiger partial charge in [0.15, 0.2) is 29.3 Å². The highest BCUT2D eigenvalue weighted by Gasteiger charge is 2.33. The molecule has 9 nitrogen and oxygen atoms in total. The zero-order valence-corrected chi connectivity index (χ0v) is 17.2. The van der Waals surface area contributed by atoms with Crippen molar-refractivity contribution >= 4 is 17.4 Å². The highest BCUT2D eigenvalue weighted by atomic mass is 19.4. The molecule has 4 heterocycles. The van der Waals surface area contributed by atoms with Gasteiger partial charge in [-0.15, -0.1) is 0 Å². The van der Waals surface area contributed by atoms with Crippen LogP contribution in [0.25, 0.3) is 0 Å². The Morgan fingerprint density at radius 2 is 2.09 bits per heavy atom. The summed E-state index contributed by atoms with van der Waals surface area (Å²) in [7, 11) is 1.45. The molecule has 0 aromatic carbocycles. The molecule has 0 fully saturated rings. The third-order valence-corrected chi connectivity index (χ3v) is 4.99. The molecule has 0 saturated carbocycles. The third-order valence-electron chi connectivity index (χ3n) is 4.99. The van der Waals surface area contributed by atoms with Gasteiger partial charge in [-0.05, 0) is 19.8 Å². The fourth-order valence-electron chi connectivity index (χ4n) is 3.42. The van der Waals surface area contributed by atoms with Crippen LogP contribution in [0.15, 0.2) is 29.3 Å². The van der Waals surface area contributed by atoms with E-state index in [4.69, 9.17) is 9.15 Å². The van der Waals surface area contributed by atoms with Crippen molar-refractivity contribution in [2.24, 2.45) is 0 Å². The molecule has 1 N–H and O–H groups in total. The highest BCUT2D eigenvalue weighted by Crippen LogP contribution is 2.35. The summed E-state index contributed by atoms with van der Waals surface area (Å²) in [4.78, 5) is 30.3. The average molecular weight is 448 g/mol. The molecule has 0 unspecified atom stereocenters. The monoisotopic (exact) mass is 448 g/mol. The molecule has 168 valence electrons. The topological polar surface area (TPSA) is 106 Å². The number of aromatic nitrogens is 4. The van der Waals surface area contributed by atoms with E-state index in [1.165, 1.54) is 13.5 Å². The SMILES string of the molecule is COc1cc2c(nc1NC(=O)c1ncoc1C)CCCN2Cc1cnc(C(F)(F)F)cn1. The summed E-state index contributed by atoms with van der Waals surface area (Å²) in [5, 5.41) is 2.69. The zero-order valence-electron chi connectivity index (χ0n) is 17.2. The standard InChI is InChI=1S/C20H19F3N6O3/c1-11-17(26-10-32-11)19(30)28-18-15(31-2)6-14-13(27-18)4-3-5-29(14)9-12-7-25-16(8-24-12)20(21,22)23/h6-8,10H,3-5,9H2,1-2H3,(H,27,28,30). The first-order valence-electron chi connectivity index (χ1n) is 9.68. The minimum atomic E-state index is -4.54. The van der Waals surface area contributed by atoms with Crippen molar-refractivity contribution in [2.45, 2.75) is 32.5 Å². The van der Waals surface area contributed by atoms with Crippen molar-refractivity contribution in [1.82, 2.24) is 19.9 Å². The van der Waals surface area contributed by atoms with E-state index in [0.717, 1.165) is 30.2 Å². The van der Waals surface area contributed by atoms with Crippen molar-refractivity contribution < 1.29 is 27.1 Å². The molecular formula is C20H19F3N6O3. The molecule has 1 aliphatic rings. The van der Waals surface area contributed by atoms with Crippen LogP contribution in [0.2, 0.25) is 0 Å². The Morgan fingerprint density at radius 3 is 2.72 bits per heavy atom. The number of anilines is 2. The Labute approximate surface area is 180 Å². The number of amides is 1. The number of fused-ring (bicyclic) bond motifs is 1. The van der Waals surface area contributed by atoms with E-state index in [9.17, 15) is 18.0 Å². The van der Waals surface area contributed by atoms with Gasteiger partial charge >= 0.3 is 6.18 Å². The van der Waals surface area contributed by atoms with Crippen LogP contribution < -0.4 is 15.0 Å². The van der Waals surface area contributed by atoms with Gasteiger partial charge < -0.3 is 19.4 Å². The number of rotatable bonds is 5. The smallest absolute Gasteiger partial charge is 0.434 e. The van der Waals surface area contributed by atoms with Crippen molar-refractivity contribution in [3.8, 4) is 5.75 Å². The molecule has 0 spiro atoms. The maximum atomic E-state index is 12.7. The van der Waals surface area contributed by atoms with Gasteiger partial charge in [-0.2, -0.15) is 13.2 Å². The Bertz CT molecular complexity index is 1130. The minimum absolute atomic E-state index is 0.147. The summed E-state index contributed by atoms with van der Waals surface area (Å²) in [5.41, 5.74) is 0.985. The number of methoxy groups -OCH3 is 1. The molecule has 1 amide bonds. The molecule has 0 saturated heterocycles. The summed E-state index contributed by atoms with van der Waals surface area (Å²) in [6.07, 6.45) is -0.0631. The molecule has 0 radical (unpaired) electrons. The van der Waals surface area contributed by atoms with Crippen LogP contribution in [0.5, 0.6) is 5.75 Å². The van der Waals surface area contributed by atoms with Gasteiger partial charge in [-0.25, -0.2) is 15.0 Å². The summed E-state index contributed by atoms with van der Waals surface area (Å²) in [5.74, 6) is 0.483. The first-order valence-corrected chi connectivity index (χ1v) is 9.68. The highest BCUT2D eigenvalue weighted by molar-refractivity contribution is 6.03. The second kappa shape index (κ2) is 8.44. The number of nitrogens with zero attached hydrogens (tertiary/aromatic N) is 5. The molecule has 4 rings (SSSR count). The maximum Gasteiger partial charge on any atom is 0.434 e. The predicted molar refractivity (Wildman–Crippen MR) is 106 cm³/mol. The number of aryl methyl sites for hydroxylation is 2. The van der Waals surface area contributed by atoms with Crippen LogP contribution in [0.3, 0.4) is 0 Å². The number of pyridine rings is 1. The Hall–Kier alpha value is -3.70. The number of alkyl halides is 3. The lowest BCUT2D eigenvalue weighted by Gasteiger charge is -2.31.